The van der Waals surface area contributed by atoms with E-state index < -0.39 is 0 Å². The highest BCUT2D eigenvalue weighted by molar-refractivity contribution is 6.01. The lowest BCUT2D eigenvalue weighted by molar-refractivity contribution is 0.0931. The summed E-state index contributed by atoms with van der Waals surface area (Å²) in [5, 5.41) is 7.85. The fourth-order valence-corrected chi connectivity index (χ4v) is 4.68. The van der Waals surface area contributed by atoms with E-state index in [1.54, 1.807) is 0 Å². The predicted octanol–water partition coefficient (Wildman–Crippen LogP) is 1.81. The first-order valence-corrected chi connectivity index (χ1v) is 9.69. The molecule has 6 nitrogen and oxygen atoms in total. The molecule has 3 saturated heterocycles. The van der Waals surface area contributed by atoms with Crippen molar-refractivity contribution in [3.63, 3.8) is 0 Å². The van der Waals surface area contributed by atoms with Crippen molar-refractivity contribution < 1.29 is 9.21 Å². The molecular weight excluding hydrogens is 328 g/mol. The number of carbonyl (C=O) groups excluding carboxylic acids is 1. The Morgan fingerprint density at radius 2 is 2.08 bits per heavy atom. The number of piperazine rings is 1. The number of hydrogen-bond donors (Lipinski definition) is 2. The van der Waals surface area contributed by atoms with Crippen molar-refractivity contribution in [2.24, 2.45) is 0 Å². The number of hydrogen-bond acceptors (Lipinski definition) is 5. The van der Waals surface area contributed by atoms with E-state index in [0.29, 0.717) is 12.1 Å². The Labute approximate surface area is 153 Å². The molecule has 1 aromatic carbocycles. The molecular formula is C20H26N4O2. The molecule has 5 rings (SSSR count). The number of amides is 1. The lowest BCUT2D eigenvalue weighted by atomic mass is 9.95. The third-order valence-corrected chi connectivity index (χ3v) is 6.28. The average Bonchev–Trinajstić information content (AvgIpc) is 3.37. The minimum Gasteiger partial charge on any atom is -0.462 e. The van der Waals surface area contributed by atoms with Crippen LogP contribution in [0.1, 0.15) is 29.6 Å². The van der Waals surface area contributed by atoms with Gasteiger partial charge in [-0.05, 0) is 44.5 Å². The Bertz CT molecular complexity index is 824. The van der Waals surface area contributed by atoms with Crippen LogP contribution < -0.4 is 15.5 Å². The number of nitrogens with one attached hydrogen (secondary N) is 2. The van der Waals surface area contributed by atoms with Crippen LogP contribution in [-0.2, 0) is 0 Å². The van der Waals surface area contributed by atoms with E-state index in [1.165, 1.54) is 12.8 Å². The zero-order chi connectivity index (χ0) is 17.7. The molecule has 4 heterocycles. The van der Waals surface area contributed by atoms with Gasteiger partial charge in [-0.25, -0.2) is 0 Å². The monoisotopic (exact) mass is 354 g/mol. The molecule has 2 N–H and O–H groups in total. The molecule has 1 aromatic heterocycles. The van der Waals surface area contributed by atoms with E-state index in [-0.39, 0.29) is 11.9 Å². The first-order chi connectivity index (χ1) is 12.7. The van der Waals surface area contributed by atoms with Gasteiger partial charge in [-0.15, -0.1) is 0 Å². The standard InChI is InChI=1S/C20H26N4O2/c1-23-6-8-24(9-7-23)18-12-26-19-5-2-13(10-15(18)19)20(25)22-17-11-14-3-4-16(17)21-14/h2,5,10,12,14,16-17,21H,3-4,6-9,11H2,1H3,(H,22,25)/t14-,16+,17-/m1/s1. The number of anilines is 1. The van der Waals surface area contributed by atoms with Crippen LogP contribution in [-0.4, -0.2) is 62.2 Å². The van der Waals surface area contributed by atoms with Crippen LogP contribution in [0.15, 0.2) is 28.9 Å². The van der Waals surface area contributed by atoms with Crippen LogP contribution in [0, 0.1) is 0 Å². The highest BCUT2D eigenvalue weighted by Gasteiger charge is 2.39. The van der Waals surface area contributed by atoms with Gasteiger partial charge in [-0.3, -0.25) is 4.79 Å². The van der Waals surface area contributed by atoms with Gasteiger partial charge in [0.25, 0.3) is 5.91 Å². The maximum absolute atomic E-state index is 12.8. The Kier molecular flexibility index (Phi) is 3.90. The maximum atomic E-state index is 12.8. The van der Waals surface area contributed by atoms with Gasteiger partial charge in [-0.2, -0.15) is 0 Å². The molecule has 2 bridgehead atoms. The summed E-state index contributed by atoms with van der Waals surface area (Å²) < 4.78 is 5.74. The third-order valence-electron chi connectivity index (χ3n) is 6.28. The number of benzene rings is 1. The summed E-state index contributed by atoms with van der Waals surface area (Å²) >= 11 is 0. The highest BCUT2D eigenvalue weighted by atomic mass is 16.3. The van der Waals surface area contributed by atoms with Gasteiger partial charge in [0.2, 0.25) is 0 Å². The SMILES string of the molecule is CN1CCN(c2coc3ccc(C(=O)N[C@@H]4C[C@H]5CC[C@@H]4N5)cc23)CC1. The number of rotatable bonds is 3. The molecule has 2 aromatic rings. The predicted molar refractivity (Wildman–Crippen MR) is 102 cm³/mol. The maximum Gasteiger partial charge on any atom is 0.251 e. The van der Waals surface area contributed by atoms with Gasteiger partial charge in [0.15, 0.2) is 0 Å². The molecule has 0 spiro atoms. The normalized spacial score (nSPS) is 28.8. The van der Waals surface area contributed by atoms with Gasteiger partial charge in [0.1, 0.15) is 11.8 Å². The van der Waals surface area contributed by atoms with E-state index in [4.69, 9.17) is 4.42 Å². The van der Waals surface area contributed by atoms with Crippen LogP contribution >= 0.6 is 0 Å². The zero-order valence-electron chi connectivity index (χ0n) is 15.2. The summed E-state index contributed by atoms with van der Waals surface area (Å²) in [5.41, 5.74) is 2.67. The number of furan rings is 1. The summed E-state index contributed by atoms with van der Waals surface area (Å²) in [5.74, 6) is 0.0248. The van der Waals surface area contributed by atoms with Gasteiger partial charge in [-0.1, -0.05) is 0 Å². The summed E-state index contributed by atoms with van der Waals surface area (Å²) in [4.78, 5) is 17.5. The van der Waals surface area contributed by atoms with Crippen LogP contribution in [0.3, 0.4) is 0 Å². The molecule has 0 saturated carbocycles. The van der Waals surface area contributed by atoms with Crippen molar-refractivity contribution in [3.8, 4) is 0 Å². The van der Waals surface area contributed by atoms with Crippen LogP contribution in [0.25, 0.3) is 11.0 Å². The smallest absolute Gasteiger partial charge is 0.251 e. The van der Waals surface area contributed by atoms with Crippen molar-refractivity contribution in [2.45, 2.75) is 37.4 Å². The average molecular weight is 354 g/mol. The van der Waals surface area contributed by atoms with E-state index in [0.717, 1.165) is 54.8 Å². The largest absolute Gasteiger partial charge is 0.462 e. The van der Waals surface area contributed by atoms with Crippen LogP contribution in [0.5, 0.6) is 0 Å². The Balaban J connectivity index is 1.37. The third kappa shape index (κ3) is 2.77. The van der Waals surface area contributed by atoms with Crippen LogP contribution in [0.2, 0.25) is 0 Å². The molecule has 1 amide bonds. The lowest BCUT2D eigenvalue weighted by Crippen LogP contribution is -2.44. The molecule has 0 unspecified atom stereocenters. The summed E-state index contributed by atoms with van der Waals surface area (Å²) in [7, 11) is 2.15. The van der Waals surface area contributed by atoms with Crippen molar-refractivity contribution >= 4 is 22.6 Å². The second-order valence-electron chi connectivity index (χ2n) is 7.99. The van der Waals surface area contributed by atoms with Gasteiger partial charge >= 0.3 is 0 Å². The molecule has 3 fully saturated rings. The van der Waals surface area contributed by atoms with Gasteiger partial charge in [0, 0.05) is 55.3 Å². The topological polar surface area (TPSA) is 60.8 Å². The molecule has 26 heavy (non-hydrogen) atoms. The number of likely N-dealkylation sites (N-methyl/N-ethyl adjacent to an activating group) is 1. The van der Waals surface area contributed by atoms with Crippen molar-refractivity contribution in [1.29, 1.82) is 0 Å². The van der Waals surface area contributed by atoms with Gasteiger partial charge in [0.05, 0.1) is 5.69 Å². The molecule has 0 radical (unpaired) electrons. The molecule has 3 aliphatic heterocycles. The first kappa shape index (κ1) is 16.1. The summed E-state index contributed by atoms with van der Waals surface area (Å²) in [6.07, 6.45) is 5.30. The minimum atomic E-state index is 0.0248. The number of fused-ring (bicyclic) bond motifs is 3. The second kappa shape index (κ2) is 6.28. The molecule has 6 heteroatoms. The van der Waals surface area contributed by atoms with Crippen LogP contribution in [0.4, 0.5) is 5.69 Å². The summed E-state index contributed by atoms with van der Waals surface area (Å²) in [6, 6.07) is 7.08. The van der Waals surface area contributed by atoms with E-state index in [1.807, 2.05) is 24.5 Å². The van der Waals surface area contributed by atoms with Crippen molar-refractivity contribution in [1.82, 2.24) is 15.5 Å². The molecule has 0 aliphatic carbocycles. The number of carbonyl (C=O) groups is 1. The van der Waals surface area contributed by atoms with E-state index in [2.05, 4.69) is 27.5 Å². The Hall–Kier alpha value is -2.05. The fraction of sp³-hybridized carbons (Fsp3) is 0.550. The number of nitrogens with zero attached hydrogens (tertiary/aromatic N) is 2. The van der Waals surface area contributed by atoms with Crippen molar-refractivity contribution in [3.05, 3.63) is 30.0 Å². The summed E-state index contributed by atoms with van der Waals surface area (Å²) in [6.45, 7) is 4.06. The van der Waals surface area contributed by atoms with E-state index >= 15 is 0 Å². The minimum absolute atomic E-state index is 0.0248. The lowest BCUT2D eigenvalue weighted by Gasteiger charge is -2.33. The first-order valence-electron chi connectivity index (χ1n) is 9.69. The van der Waals surface area contributed by atoms with Crippen molar-refractivity contribution in [2.75, 3.05) is 38.1 Å². The fourth-order valence-electron chi connectivity index (χ4n) is 4.68. The quantitative estimate of drug-likeness (QED) is 0.880. The molecule has 3 atom stereocenters. The highest BCUT2D eigenvalue weighted by Crippen LogP contribution is 2.31. The second-order valence-corrected chi connectivity index (χ2v) is 7.99. The van der Waals surface area contributed by atoms with Gasteiger partial charge < -0.3 is 24.9 Å². The Morgan fingerprint density at radius 3 is 2.81 bits per heavy atom. The molecule has 138 valence electrons. The Morgan fingerprint density at radius 1 is 1.23 bits per heavy atom. The zero-order valence-corrected chi connectivity index (χ0v) is 15.2. The van der Waals surface area contributed by atoms with E-state index in [9.17, 15) is 4.79 Å². The molecule has 3 aliphatic rings.